The molecule has 0 aliphatic rings. The lowest BCUT2D eigenvalue weighted by Gasteiger charge is -2.10. The summed E-state index contributed by atoms with van der Waals surface area (Å²) in [5.74, 6) is 0.734. The Kier molecular flexibility index (Phi) is 4.52. The Morgan fingerprint density at radius 1 is 1.09 bits per heavy atom. The second-order valence-electron chi connectivity index (χ2n) is 5.20. The lowest BCUT2D eigenvalue weighted by Crippen LogP contribution is -2.26. The molecule has 0 radical (unpaired) electrons. The molecular weight excluding hydrogens is 288 g/mol. The molecule has 4 nitrogen and oxygen atoms in total. The molecule has 3 aromatic rings. The van der Waals surface area contributed by atoms with Gasteiger partial charge >= 0.3 is 0 Å². The predicted octanol–water partition coefficient (Wildman–Crippen LogP) is 3.22. The zero-order valence-corrected chi connectivity index (χ0v) is 13.0. The molecule has 0 fully saturated rings. The number of benzene rings is 2. The first-order valence-electron chi connectivity index (χ1n) is 7.53. The smallest absolute Gasteiger partial charge is 0.253 e. The van der Waals surface area contributed by atoms with Crippen molar-refractivity contribution in [1.29, 1.82) is 0 Å². The second-order valence-corrected chi connectivity index (χ2v) is 5.20. The highest BCUT2D eigenvalue weighted by atomic mass is 16.5. The molecule has 23 heavy (non-hydrogen) atoms. The Morgan fingerprint density at radius 2 is 1.91 bits per heavy atom. The molecule has 0 bridgehead atoms. The van der Waals surface area contributed by atoms with Gasteiger partial charge in [0.25, 0.3) is 5.91 Å². The standard InChI is InChI=1S/C19H18N2O2/c1-23-17-10-3-2-6-14(17)11-13-21-19(22)16-9-4-7-15-8-5-12-20-18(15)16/h2-10,12H,11,13H2,1H3,(H,21,22). The van der Waals surface area contributed by atoms with E-state index in [0.29, 0.717) is 18.5 Å². The summed E-state index contributed by atoms with van der Waals surface area (Å²) < 4.78 is 5.32. The molecule has 2 aromatic carbocycles. The first kappa shape index (κ1) is 15.0. The van der Waals surface area contributed by atoms with E-state index in [0.717, 1.165) is 22.2 Å². The minimum atomic E-state index is -0.107. The van der Waals surface area contributed by atoms with Crippen LogP contribution in [0.4, 0.5) is 0 Å². The van der Waals surface area contributed by atoms with Gasteiger partial charge in [0.15, 0.2) is 0 Å². The average Bonchev–Trinajstić information content (AvgIpc) is 2.61. The number of hydrogen-bond acceptors (Lipinski definition) is 3. The van der Waals surface area contributed by atoms with E-state index >= 15 is 0 Å². The zero-order valence-electron chi connectivity index (χ0n) is 13.0. The number of nitrogens with one attached hydrogen (secondary N) is 1. The van der Waals surface area contributed by atoms with Crippen LogP contribution >= 0.6 is 0 Å². The molecule has 0 aliphatic carbocycles. The molecule has 1 heterocycles. The third kappa shape index (κ3) is 3.31. The van der Waals surface area contributed by atoms with Crippen LogP contribution in [0.1, 0.15) is 15.9 Å². The number of rotatable bonds is 5. The Hall–Kier alpha value is -2.88. The molecule has 0 saturated heterocycles. The van der Waals surface area contributed by atoms with E-state index in [9.17, 15) is 4.79 Å². The summed E-state index contributed by atoms with van der Waals surface area (Å²) in [6.45, 7) is 0.544. The van der Waals surface area contributed by atoms with E-state index in [1.54, 1.807) is 19.4 Å². The molecule has 116 valence electrons. The molecule has 4 heteroatoms. The number of aromatic nitrogens is 1. The van der Waals surface area contributed by atoms with E-state index in [-0.39, 0.29) is 5.91 Å². The van der Waals surface area contributed by atoms with Crippen molar-refractivity contribution in [2.24, 2.45) is 0 Å². The maximum Gasteiger partial charge on any atom is 0.253 e. The Morgan fingerprint density at radius 3 is 2.78 bits per heavy atom. The van der Waals surface area contributed by atoms with Gasteiger partial charge < -0.3 is 10.1 Å². The summed E-state index contributed by atoms with van der Waals surface area (Å²) in [4.78, 5) is 16.7. The lowest BCUT2D eigenvalue weighted by molar-refractivity contribution is 0.0955. The molecule has 0 unspecified atom stereocenters. The molecule has 3 rings (SSSR count). The summed E-state index contributed by atoms with van der Waals surface area (Å²) in [7, 11) is 1.65. The van der Waals surface area contributed by atoms with Crippen molar-refractivity contribution in [3.63, 3.8) is 0 Å². The van der Waals surface area contributed by atoms with Crippen LogP contribution in [0.5, 0.6) is 5.75 Å². The van der Waals surface area contributed by atoms with Crippen LogP contribution in [0.25, 0.3) is 10.9 Å². The van der Waals surface area contributed by atoms with Crippen molar-refractivity contribution in [1.82, 2.24) is 10.3 Å². The Labute approximate surface area is 135 Å². The van der Waals surface area contributed by atoms with E-state index < -0.39 is 0 Å². The maximum absolute atomic E-state index is 12.4. The number of nitrogens with zero attached hydrogens (tertiary/aromatic N) is 1. The second kappa shape index (κ2) is 6.92. The van der Waals surface area contributed by atoms with Gasteiger partial charge in [-0.2, -0.15) is 0 Å². The highest BCUT2D eigenvalue weighted by molar-refractivity contribution is 6.05. The number of carbonyl (C=O) groups excluding carboxylic acids is 1. The molecule has 0 saturated carbocycles. The first-order valence-corrected chi connectivity index (χ1v) is 7.53. The number of carbonyl (C=O) groups is 1. The highest BCUT2D eigenvalue weighted by Crippen LogP contribution is 2.18. The summed E-state index contributed by atoms with van der Waals surface area (Å²) >= 11 is 0. The van der Waals surface area contributed by atoms with Crippen LogP contribution in [0, 0.1) is 0 Å². The number of fused-ring (bicyclic) bond motifs is 1. The van der Waals surface area contributed by atoms with Crippen molar-refractivity contribution in [3.05, 3.63) is 71.9 Å². The molecule has 0 spiro atoms. The number of ether oxygens (including phenoxy) is 1. The van der Waals surface area contributed by atoms with Crippen molar-refractivity contribution in [3.8, 4) is 5.75 Å². The third-order valence-electron chi connectivity index (χ3n) is 3.75. The number of pyridine rings is 1. The summed E-state index contributed by atoms with van der Waals surface area (Å²) in [5.41, 5.74) is 2.40. The normalized spacial score (nSPS) is 10.5. The van der Waals surface area contributed by atoms with Gasteiger partial charge in [0.1, 0.15) is 5.75 Å². The van der Waals surface area contributed by atoms with E-state index in [2.05, 4.69) is 10.3 Å². The third-order valence-corrected chi connectivity index (χ3v) is 3.75. The fourth-order valence-electron chi connectivity index (χ4n) is 2.60. The van der Waals surface area contributed by atoms with Gasteiger partial charge in [-0.05, 0) is 30.2 Å². The quantitative estimate of drug-likeness (QED) is 0.787. The fraction of sp³-hybridized carbons (Fsp3) is 0.158. The molecule has 0 atom stereocenters. The van der Waals surface area contributed by atoms with Crippen LogP contribution in [0.2, 0.25) is 0 Å². The zero-order chi connectivity index (χ0) is 16.1. The van der Waals surface area contributed by atoms with Crippen LogP contribution < -0.4 is 10.1 Å². The van der Waals surface area contributed by atoms with Crippen LogP contribution in [-0.2, 0) is 6.42 Å². The van der Waals surface area contributed by atoms with Gasteiger partial charge in [0.2, 0.25) is 0 Å². The van der Waals surface area contributed by atoms with Crippen LogP contribution in [0.15, 0.2) is 60.8 Å². The number of para-hydroxylation sites is 2. The SMILES string of the molecule is COc1ccccc1CCNC(=O)c1cccc2cccnc12. The number of methoxy groups -OCH3 is 1. The topological polar surface area (TPSA) is 51.2 Å². The van der Waals surface area contributed by atoms with Gasteiger partial charge in [-0.25, -0.2) is 0 Å². The van der Waals surface area contributed by atoms with Crippen molar-refractivity contribution in [2.75, 3.05) is 13.7 Å². The average molecular weight is 306 g/mol. The van der Waals surface area contributed by atoms with Crippen LogP contribution in [-0.4, -0.2) is 24.5 Å². The fourth-order valence-corrected chi connectivity index (χ4v) is 2.60. The maximum atomic E-state index is 12.4. The monoisotopic (exact) mass is 306 g/mol. The van der Waals surface area contributed by atoms with E-state index in [4.69, 9.17) is 4.74 Å². The van der Waals surface area contributed by atoms with Gasteiger partial charge in [-0.3, -0.25) is 9.78 Å². The van der Waals surface area contributed by atoms with Crippen molar-refractivity contribution < 1.29 is 9.53 Å². The minimum Gasteiger partial charge on any atom is -0.496 e. The van der Waals surface area contributed by atoms with Crippen molar-refractivity contribution >= 4 is 16.8 Å². The van der Waals surface area contributed by atoms with Gasteiger partial charge in [-0.15, -0.1) is 0 Å². The highest BCUT2D eigenvalue weighted by Gasteiger charge is 2.10. The minimum absolute atomic E-state index is 0.107. The number of amides is 1. The lowest BCUT2D eigenvalue weighted by atomic mass is 10.1. The van der Waals surface area contributed by atoms with Gasteiger partial charge in [-0.1, -0.05) is 36.4 Å². The molecule has 1 amide bonds. The first-order chi connectivity index (χ1) is 11.3. The van der Waals surface area contributed by atoms with Gasteiger partial charge in [0.05, 0.1) is 18.2 Å². The van der Waals surface area contributed by atoms with Crippen LogP contribution in [0.3, 0.4) is 0 Å². The molecule has 0 aliphatic heterocycles. The van der Waals surface area contributed by atoms with E-state index in [1.807, 2.05) is 48.5 Å². The van der Waals surface area contributed by atoms with Crippen molar-refractivity contribution in [2.45, 2.75) is 6.42 Å². The summed E-state index contributed by atoms with van der Waals surface area (Å²) in [5, 5.41) is 3.92. The Bertz CT molecular complexity index is 825. The Balaban J connectivity index is 1.70. The van der Waals surface area contributed by atoms with E-state index in [1.165, 1.54) is 0 Å². The number of hydrogen-bond donors (Lipinski definition) is 1. The summed E-state index contributed by atoms with van der Waals surface area (Å²) in [6, 6.07) is 17.3. The van der Waals surface area contributed by atoms with Gasteiger partial charge in [0, 0.05) is 18.1 Å². The molecular formula is C19H18N2O2. The molecule has 1 N–H and O–H groups in total. The largest absolute Gasteiger partial charge is 0.496 e. The summed E-state index contributed by atoms with van der Waals surface area (Å²) in [6.07, 6.45) is 2.42. The molecule has 1 aromatic heterocycles. The predicted molar refractivity (Wildman–Crippen MR) is 90.8 cm³/mol.